The molecule has 52 heavy (non-hydrogen) atoms. The van der Waals surface area contributed by atoms with Crippen LogP contribution in [-0.2, 0) is 0 Å². The number of hydrogen-bond acceptors (Lipinski definition) is 3. The first-order valence-corrected chi connectivity index (χ1v) is 18.3. The molecule has 0 amide bonds. The fourth-order valence-corrected chi connectivity index (χ4v) is 8.02. The highest BCUT2D eigenvalue weighted by atomic mass is 32.1. The van der Waals surface area contributed by atoms with Crippen LogP contribution in [0.2, 0.25) is 0 Å². The van der Waals surface area contributed by atoms with E-state index in [1.165, 1.54) is 44.5 Å². The molecule has 2 unspecified atom stereocenters. The van der Waals surface area contributed by atoms with Gasteiger partial charge in [0.05, 0.1) is 0 Å². The smallest absolute Gasteiger partial charge is 0.128 e. The van der Waals surface area contributed by atoms with Crippen molar-refractivity contribution in [2.45, 2.75) is 23.8 Å². The maximum atomic E-state index is 6.27. The number of anilines is 2. The number of thiol groups is 1. The molecule has 7 aromatic rings. The first kappa shape index (κ1) is 31.9. The summed E-state index contributed by atoms with van der Waals surface area (Å²) in [6.07, 6.45) is 8.59. The standard InChI is InChI=1S/C49H37NOS/c1-32-11-2-3-18-41(32)34-27-25-33(26-28-34)35-12-6-13-36(29-35)37-14-7-16-39(30-37)48-42(20-9-24-47(48)52)38-15-8-17-40(31-38)50-44-21-10-23-46-49(44)43-19-4-5-22-45(43)51-46/h2-31,43,45,50,52H,1H3. The zero-order valence-corrected chi connectivity index (χ0v) is 29.7. The molecule has 2 nitrogen and oxygen atoms in total. The predicted molar refractivity (Wildman–Crippen MR) is 221 cm³/mol. The Labute approximate surface area is 311 Å². The van der Waals surface area contributed by atoms with Crippen LogP contribution in [0.1, 0.15) is 17.0 Å². The lowest BCUT2D eigenvalue weighted by Crippen LogP contribution is -2.16. The SMILES string of the molecule is Cc1ccccc1-c1ccc(-c2cccc(-c3cccc(-c4c(S)cccc4-c4cccc(Nc5cccc6c5C5C=CC=CC5O6)c4)c3)c2)cc1. The molecule has 2 aliphatic rings. The molecule has 1 aliphatic carbocycles. The van der Waals surface area contributed by atoms with E-state index in [1.807, 2.05) is 0 Å². The Morgan fingerprint density at radius 1 is 0.519 bits per heavy atom. The summed E-state index contributed by atoms with van der Waals surface area (Å²) in [5.41, 5.74) is 16.3. The van der Waals surface area contributed by atoms with E-state index in [0.29, 0.717) is 0 Å². The Kier molecular flexibility index (Phi) is 8.34. The molecule has 1 heterocycles. The molecule has 1 N–H and O–H groups in total. The van der Waals surface area contributed by atoms with Crippen LogP contribution in [0.5, 0.6) is 5.75 Å². The highest BCUT2D eigenvalue weighted by molar-refractivity contribution is 7.80. The fraction of sp³-hybridized carbons (Fsp3) is 0.0612. The molecule has 250 valence electrons. The van der Waals surface area contributed by atoms with Gasteiger partial charge in [-0.1, -0.05) is 133 Å². The number of benzene rings is 7. The normalized spacial score (nSPS) is 15.5. The van der Waals surface area contributed by atoms with Crippen LogP contribution in [0, 0.1) is 6.92 Å². The first-order chi connectivity index (χ1) is 25.6. The Bertz CT molecular complexity index is 2510. The van der Waals surface area contributed by atoms with Crippen LogP contribution >= 0.6 is 12.6 Å². The van der Waals surface area contributed by atoms with Gasteiger partial charge in [-0.2, -0.15) is 0 Å². The lowest BCUT2D eigenvalue weighted by molar-refractivity contribution is 0.269. The number of hydrogen-bond donors (Lipinski definition) is 2. The highest BCUT2D eigenvalue weighted by Gasteiger charge is 2.34. The molecule has 7 aromatic carbocycles. The third-order valence-corrected chi connectivity index (χ3v) is 10.6. The van der Waals surface area contributed by atoms with Gasteiger partial charge in [-0.25, -0.2) is 0 Å². The summed E-state index contributed by atoms with van der Waals surface area (Å²) < 4.78 is 6.27. The summed E-state index contributed by atoms with van der Waals surface area (Å²) in [6.45, 7) is 2.16. The van der Waals surface area contributed by atoms with Crippen molar-refractivity contribution in [3.8, 4) is 61.4 Å². The van der Waals surface area contributed by atoms with Crippen LogP contribution in [0.15, 0.2) is 187 Å². The van der Waals surface area contributed by atoms with Gasteiger partial charge < -0.3 is 10.1 Å². The van der Waals surface area contributed by atoms with E-state index < -0.39 is 0 Å². The Morgan fingerprint density at radius 3 is 1.98 bits per heavy atom. The van der Waals surface area contributed by atoms with Gasteiger partial charge >= 0.3 is 0 Å². The van der Waals surface area contributed by atoms with Crippen molar-refractivity contribution in [3.63, 3.8) is 0 Å². The van der Waals surface area contributed by atoms with Gasteiger partial charge in [0.15, 0.2) is 0 Å². The van der Waals surface area contributed by atoms with Crippen LogP contribution in [0.4, 0.5) is 11.4 Å². The fourth-order valence-electron chi connectivity index (χ4n) is 7.68. The Hall–Kier alpha value is -6.03. The van der Waals surface area contributed by atoms with Gasteiger partial charge in [-0.15, -0.1) is 12.6 Å². The van der Waals surface area contributed by atoms with Crippen molar-refractivity contribution >= 4 is 24.0 Å². The average molecular weight is 688 g/mol. The molecule has 1 aliphatic heterocycles. The van der Waals surface area contributed by atoms with Crippen LogP contribution in [-0.4, -0.2) is 6.10 Å². The third kappa shape index (κ3) is 6.04. The minimum absolute atomic E-state index is 0.0454. The molecule has 0 bridgehead atoms. The highest BCUT2D eigenvalue weighted by Crippen LogP contribution is 2.46. The van der Waals surface area contributed by atoms with Gasteiger partial charge in [0.25, 0.3) is 0 Å². The van der Waals surface area contributed by atoms with Crippen molar-refractivity contribution in [1.29, 1.82) is 0 Å². The zero-order chi connectivity index (χ0) is 35.0. The van der Waals surface area contributed by atoms with Crippen LogP contribution < -0.4 is 10.1 Å². The molecule has 0 radical (unpaired) electrons. The second kappa shape index (κ2) is 13.6. The minimum atomic E-state index is 0.0454. The third-order valence-electron chi connectivity index (χ3n) is 10.3. The van der Waals surface area contributed by atoms with E-state index in [9.17, 15) is 0 Å². The summed E-state index contributed by atoms with van der Waals surface area (Å²) in [7, 11) is 0. The van der Waals surface area contributed by atoms with E-state index in [1.54, 1.807) is 0 Å². The first-order valence-electron chi connectivity index (χ1n) is 17.8. The van der Waals surface area contributed by atoms with Crippen molar-refractivity contribution in [2.24, 2.45) is 0 Å². The van der Waals surface area contributed by atoms with Crippen molar-refractivity contribution < 1.29 is 4.74 Å². The summed E-state index contributed by atoms with van der Waals surface area (Å²) in [6, 6.07) is 56.4. The monoisotopic (exact) mass is 687 g/mol. The minimum Gasteiger partial charge on any atom is -0.485 e. The van der Waals surface area contributed by atoms with Gasteiger partial charge in [-0.3, -0.25) is 0 Å². The molecule has 3 heteroatoms. The summed E-state index contributed by atoms with van der Waals surface area (Å²) in [5.74, 6) is 1.15. The van der Waals surface area contributed by atoms with Gasteiger partial charge in [0.2, 0.25) is 0 Å². The molecular weight excluding hydrogens is 651 g/mol. The molecule has 0 spiro atoms. The van der Waals surface area contributed by atoms with Gasteiger partial charge in [0.1, 0.15) is 11.9 Å². The lowest BCUT2D eigenvalue weighted by atomic mass is 9.90. The topological polar surface area (TPSA) is 21.3 Å². The van der Waals surface area contributed by atoms with E-state index >= 15 is 0 Å². The number of fused-ring (bicyclic) bond motifs is 3. The summed E-state index contributed by atoms with van der Waals surface area (Å²) >= 11 is 5.01. The van der Waals surface area contributed by atoms with Gasteiger partial charge in [-0.05, 0) is 111 Å². The summed E-state index contributed by atoms with van der Waals surface area (Å²) in [4.78, 5) is 0.941. The van der Waals surface area contributed by atoms with E-state index in [0.717, 1.165) is 44.3 Å². The van der Waals surface area contributed by atoms with Gasteiger partial charge in [0, 0.05) is 33.3 Å². The largest absolute Gasteiger partial charge is 0.485 e. The molecule has 9 rings (SSSR count). The average Bonchev–Trinajstić information content (AvgIpc) is 3.58. The van der Waals surface area contributed by atoms with Crippen molar-refractivity contribution in [2.75, 3.05) is 5.32 Å². The number of ether oxygens (including phenoxy) is 1. The maximum absolute atomic E-state index is 6.27. The molecule has 0 aromatic heterocycles. The number of nitrogens with one attached hydrogen (secondary N) is 1. The number of rotatable bonds is 7. The second-order valence-electron chi connectivity index (χ2n) is 13.6. The van der Waals surface area contributed by atoms with E-state index in [4.69, 9.17) is 17.4 Å². The molecule has 2 atom stereocenters. The van der Waals surface area contributed by atoms with E-state index in [2.05, 4.69) is 194 Å². The Balaban J connectivity index is 1.02. The lowest BCUT2D eigenvalue weighted by Gasteiger charge is -2.18. The Morgan fingerprint density at radius 2 is 1.15 bits per heavy atom. The zero-order valence-electron chi connectivity index (χ0n) is 28.8. The van der Waals surface area contributed by atoms with Crippen LogP contribution in [0.3, 0.4) is 0 Å². The predicted octanol–water partition coefficient (Wildman–Crippen LogP) is 13.3. The molecule has 0 saturated heterocycles. The van der Waals surface area contributed by atoms with Crippen molar-refractivity contribution in [3.05, 3.63) is 193 Å². The molecule has 0 fully saturated rings. The molecular formula is C49H37NOS. The summed E-state index contributed by atoms with van der Waals surface area (Å²) in [5, 5.41) is 3.73. The molecule has 0 saturated carbocycles. The maximum Gasteiger partial charge on any atom is 0.128 e. The van der Waals surface area contributed by atoms with Crippen molar-refractivity contribution in [1.82, 2.24) is 0 Å². The number of allylic oxidation sites excluding steroid dienone is 2. The quantitative estimate of drug-likeness (QED) is 0.163. The van der Waals surface area contributed by atoms with E-state index in [-0.39, 0.29) is 12.0 Å². The number of aryl methyl sites for hydroxylation is 1. The second-order valence-corrected chi connectivity index (χ2v) is 14.0. The van der Waals surface area contributed by atoms with Crippen LogP contribution in [0.25, 0.3) is 55.6 Å².